The Balaban J connectivity index is 2.06. The minimum absolute atomic E-state index is 0.0913. The highest BCUT2D eigenvalue weighted by Crippen LogP contribution is 2.35. The summed E-state index contributed by atoms with van der Waals surface area (Å²) in [6.45, 7) is 4.15. The number of carboxylic acid groups (broad SMARTS) is 1. The summed E-state index contributed by atoms with van der Waals surface area (Å²) in [6, 6.07) is 5.63. The molecular weight excluding hydrogens is 344 g/mol. The molecule has 0 unspecified atom stereocenters. The van der Waals surface area contributed by atoms with Gasteiger partial charge in [0.15, 0.2) is 0 Å². The van der Waals surface area contributed by atoms with E-state index in [0.717, 1.165) is 6.42 Å². The number of benzene rings is 1. The standard InChI is InChI=1S/C17H24N2O5S/c1-12(2)11-18-25(23,24)14-6-4-13(5-7-14)16(22)19-17(8-3-9-17)10-15(20)21/h4-7,12,18H,3,8-11H2,1-2H3,(H,19,22)(H,20,21). The first-order valence-electron chi connectivity index (χ1n) is 8.28. The SMILES string of the molecule is CC(C)CNS(=O)(=O)c1ccc(C(=O)NC2(CC(=O)O)CCC2)cc1. The highest BCUT2D eigenvalue weighted by atomic mass is 32.2. The third-order valence-corrected chi connectivity index (χ3v) is 5.73. The lowest BCUT2D eigenvalue weighted by Crippen LogP contribution is -2.54. The number of aliphatic carboxylic acids is 1. The molecule has 1 saturated carbocycles. The van der Waals surface area contributed by atoms with Crippen LogP contribution in [0.1, 0.15) is 49.9 Å². The van der Waals surface area contributed by atoms with Gasteiger partial charge < -0.3 is 10.4 Å². The molecule has 0 heterocycles. The van der Waals surface area contributed by atoms with Crippen LogP contribution in [0.2, 0.25) is 0 Å². The molecular formula is C17H24N2O5S. The summed E-state index contributed by atoms with van der Waals surface area (Å²) in [5.41, 5.74) is -0.383. The van der Waals surface area contributed by atoms with E-state index in [1.165, 1.54) is 24.3 Å². The van der Waals surface area contributed by atoms with E-state index < -0.39 is 21.5 Å². The van der Waals surface area contributed by atoms with Gasteiger partial charge in [-0.25, -0.2) is 13.1 Å². The highest BCUT2D eigenvalue weighted by molar-refractivity contribution is 7.89. The van der Waals surface area contributed by atoms with E-state index in [1.54, 1.807) is 0 Å². The van der Waals surface area contributed by atoms with Crippen LogP contribution in [0.15, 0.2) is 29.2 Å². The quantitative estimate of drug-likeness (QED) is 0.647. The van der Waals surface area contributed by atoms with Crippen LogP contribution in [0, 0.1) is 5.92 Å². The lowest BCUT2D eigenvalue weighted by atomic mass is 9.74. The lowest BCUT2D eigenvalue weighted by molar-refractivity contribution is -0.139. The van der Waals surface area contributed by atoms with E-state index in [-0.39, 0.29) is 23.1 Å². The van der Waals surface area contributed by atoms with Gasteiger partial charge in [-0.3, -0.25) is 9.59 Å². The van der Waals surface area contributed by atoms with Crippen molar-refractivity contribution in [2.75, 3.05) is 6.54 Å². The zero-order chi connectivity index (χ0) is 18.7. The fraction of sp³-hybridized carbons (Fsp3) is 0.529. The molecule has 0 spiro atoms. The first-order valence-corrected chi connectivity index (χ1v) is 9.76. The van der Waals surface area contributed by atoms with Gasteiger partial charge in [-0.15, -0.1) is 0 Å². The van der Waals surface area contributed by atoms with E-state index in [0.29, 0.717) is 24.9 Å². The van der Waals surface area contributed by atoms with Crippen LogP contribution < -0.4 is 10.0 Å². The smallest absolute Gasteiger partial charge is 0.305 e. The molecule has 2 rings (SSSR count). The lowest BCUT2D eigenvalue weighted by Gasteiger charge is -2.41. The van der Waals surface area contributed by atoms with E-state index in [2.05, 4.69) is 10.0 Å². The first kappa shape index (κ1) is 19.4. The van der Waals surface area contributed by atoms with Crippen molar-refractivity contribution in [3.63, 3.8) is 0 Å². The van der Waals surface area contributed by atoms with Crippen LogP contribution in [-0.4, -0.2) is 37.5 Å². The summed E-state index contributed by atoms with van der Waals surface area (Å²) in [7, 11) is -3.60. The molecule has 7 nitrogen and oxygen atoms in total. The van der Waals surface area contributed by atoms with Crippen molar-refractivity contribution in [1.82, 2.24) is 10.0 Å². The van der Waals surface area contributed by atoms with Crippen molar-refractivity contribution >= 4 is 21.9 Å². The molecule has 3 N–H and O–H groups in total. The monoisotopic (exact) mass is 368 g/mol. The Bertz CT molecular complexity index is 737. The van der Waals surface area contributed by atoms with Crippen LogP contribution in [0.5, 0.6) is 0 Å². The average molecular weight is 368 g/mol. The Labute approximate surface area is 147 Å². The van der Waals surface area contributed by atoms with Gasteiger partial charge in [0.05, 0.1) is 16.9 Å². The number of nitrogens with one attached hydrogen (secondary N) is 2. The second-order valence-corrected chi connectivity index (χ2v) is 8.70. The summed E-state index contributed by atoms with van der Waals surface area (Å²) >= 11 is 0. The van der Waals surface area contributed by atoms with E-state index in [4.69, 9.17) is 5.11 Å². The predicted molar refractivity (Wildman–Crippen MR) is 92.8 cm³/mol. The molecule has 0 aliphatic heterocycles. The second-order valence-electron chi connectivity index (χ2n) is 6.93. The van der Waals surface area contributed by atoms with Crippen molar-refractivity contribution < 1.29 is 23.1 Å². The molecule has 1 aliphatic rings. The van der Waals surface area contributed by atoms with Crippen molar-refractivity contribution in [2.24, 2.45) is 5.92 Å². The van der Waals surface area contributed by atoms with Crippen molar-refractivity contribution in [3.8, 4) is 0 Å². The molecule has 8 heteroatoms. The van der Waals surface area contributed by atoms with Crippen LogP contribution in [0.3, 0.4) is 0 Å². The molecule has 138 valence electrons. The predicted octanol–water partition coefficient (Wildman–Crippen LogP) is 1.75. The molecule has 1 aromatic carbocycles. The van der Waals surface area contributed by atoms with E-state index in [1.807, 2.05) is 13.8 Å². The number of carbonyl (C=O) groups excluding carboxylic acids is 1. The van der Waals surface area contributed by atoms with Gasteiger partial charge in [-0.05, 0) is 49.4 Å². The first-order chi connectivity index (χ1) is 11.6. The van der Waals surface area contributed by atoms with Crippen LogP contribution in [0.4, 0.5) is 0 Å². The number of rotatable bonds is 8. The molecule has 0 saturated heterocycles. The topological polar surface area (TPSA) is 113 Å². The van der Waals surface area contributed by atoms with Crippen molar-refractivity contribution in [1.29, 1.82) is 0 Å². The summed E-state index contributed by atoms with van der Waals surface area (Å²) < 4.78 is 26.8. The van der Waals surface area contributed by atoms with E-state index >= 15 is 0 Å². The van der Waals surface area contributed by atoms with Gasteiger partial charge in [0, 0.05) is 12.1 Å². The molecule has 1 aliphatic carbocycles. The molecule has 1 aromatic rings. The molecule has 1 amide bonds. The maximum atomic E-state index is 12.3. The zero-order valence-corrected chi connectivity index (χ0v) is 15.2. The molecule has 0 aromatic heterocycles. The Morgan fingerprint density at radius 3 is 2.24 bits per heavy atom. The van der Waals surface area contributed by atoms with Gasteiger partial charge in [-0.1, -0.05) is 13.8 Å². The fourth-order valence-corrected chi connectivity index (χ4v) is 3.91. The van der Waals surface area contributed by atoms with Gasteiger partial charge in [0.1, 0.15) is 0 Å². The normalized spacial score (nSPS) is 16.3. The number of carbonyl (C=O) groups is 2. The number of sulfonamides is 1. The Kier molecular flexibility index (Phi) is 5.84. The highest BCUT2D eigenvalue weighted by Gasteiger charge is 2.40. The summed E-state index contributed by atoms with van der Waals surface area (Å²) in [4.78, 5) is 23.4. The number of carboxylic acids is 1. The molecule has 25 heavy (non-hydrogen) atoms. The van der Waals surface area contributed by atoms with Gasteiger partial charge in [0.2, 0.25) is 10.0 Å². The zero-order valence-electron chi connectivity index (χ0n) is 14.4. The fourth-order valence-electron chi connectivity index (χ4n) is 2.70. The number of amides is 1. The average Bonchev–Trinajstić information content (AvgIpc) is 2.50. The van der Waals surface area contributed by atoms with Crippen molar-refractivity contribution in [2.45, 2.75) is 50.0 Å². The summed E-state index contributed by atoms with van der Waals surface area (Å²) in [5.74, 6) is -1.15. The summed E-state index contributed by atoms with van der Waals surface area (Å²) in [5, 5.41) is 11.8. The molecule has 0 bridgehead atoms. The number of hydrogen-bond acceptors (Lipinski definition) is 4. The third-order valence-electron chi connectivity index (χ3n) is 4.29. The second kappa shape index (κ2) is 7.53. The minimum Gasteiger partial charge on any atom is -0.481 e. The van der Waals surface area contributed by atoms with Crippen molar-refractivity contribution in [3.05, 3.63) is 29.8 Å². The Hall–Kier alpha value is -1.93. The third kappa shape index (κ3) is 5.02. The maximum Gasteiger partial charge on any atom is 0.305 e. The maximum absolute atomic E-state index is 12.3. The van der Waals surface area contributed by atoms with Crippen LogP contribution >= 0.6 is 0 Å². The minimum atomic E-state index is -3.60. The Morgan fingerprint density at radius 2 is 1.80 bits per heavy atom. The summed E-state index contributed by atoms with van der Waals surface area (Å²) in [6.07, 6.45) is 2.05. The van der Waals surface area contributed by atoms with Crippen LogP contribution in [-0.2, 0) is 14.8 Å². The molecule has 1 fully saturated rings. The molecule has 0 radical (unpaired) electrons. The largest absolute Gasteiger partial charge is 0.481 e. The number of hydrogen-bond donors (Lipinski definition) is 3. The van der Waals surface area contributed by atoms with Gasteiger partial charge >= 0.3 is 5.97 Å². The van der Waals surface area contributed by atoms with Gasteiger partial charge in [-0.2, -0.15) is 0 Å². The van der Waals surface area contributed by atoms with Gasteiger partial charge in [0.25, 0.3) is 5.91 Å². The molecule has 0 atom stereocenters. The Morgan fingerprint density at radius 1 is 1.20 bits per heavy atom. The van der Waals surface area contributed by atoms with Crippen LogP contribution in [0.25, 0.3) is 0 Å². The van der Waals surface area contributed by atoms with E-state index in [9.17, 15) is 18.0 Å².